The minimum atomic E-state index is 0.0941. The second-order valence-electron chi connectivity index (χ2n) is 4.67. The Morgan fingerprint density at radius 1 is 1.21 bits per heavy atom. The highest BCUT2D eigenvalue weighted by Crippen LogP contribution is 2.14. The lowest BCUT2D eigenvalue weighted by molar-refractivity contribution is -0.133. The van der Waals surface area contributed by atoms with Crippen molar-refractivity contribution in [3.8, 4) is 5.75 Å². The van der Waals surface area contributed by atoms with Gasteiger partial charge in [0.05, 0.1) is 13.0 Å². The quantitative estimate of drug-likeness (QED) is 0.830. The summed E-state index contributed by atoms with van der Waals surface area (Å²) in [5.41, 5.74) is 0.977. The number of hydrogen-bond acceptors (Lipinski definition) is 3. The van der Waals surface area contributed by atoms with E-state index in [-0.39, 0.29) is 11.7 Å². The van der Waals surface area contributed by atoms with Crippen LogP contribution in [0.4, 0.5) is 0 Å². The van der Waals surface area contributed by atoms with Crippen LogP contribution in [0.15, 0.2) is 24.3 Å². The summed E-state index contributed by atoms with van der Waals surface area (Å²) in [6.07, 6.45) is 1.38. The minimum Gasteiger partial charge on any atom is -0.494 e. The van der Waals surface area contributed by atoms with Crippen LogP contribution in [0.3, 0.4) is 0 Å². The molecule has 0 N–H and O–H groups in total. The first kappa shape index (κ1) is 13.6. The monoisotopic (exact) mass is 261 g/mol. The number of rotatable bonds is 4. The molecule has 2 rings (SSSR count). The highest BCUT2D eigenvalue weighted by atomic mass is 16.5. The summed E-state index contributed by atoms with van der Waals surface area (Å²) >= 11 is 0. The Morgan fingerprint density at radius 2 is 1.84 bits per heavy atom. The van der Waals surface area contributed by atoms with Crippen molar-refractivity contribution in [1.29, 1.82) is 0 Å². The molecule has 4 nitrogen and oxygen atoms in total. The first-order chi connectivity index (χ1) is 9.19. The van der Waals surface area contributed by atoms with Crippen LogP contribution in [0.25, 0.3) is 0 Å². The van der Waals surface area contributed by atoms with Gasteiger partial charge in [-0.2, -0.15) is 0 Å². The van der Waals surface area contributed by atoms with Gasteiger partial charge in [0.1, 0.15) is 11.5 Å². The summed E-state index contributed by atoms with van der Waals surface area (Å²) in [4.78, 5) is 25.0. The molecule has 1 aromatic carbocycles. The van der Waals surface area contributed by atoms with Gasteiger partial charge in [-0.25, -0.2) is 0 Å². The zero-order valence-electron chi connectivity index (χ0n) is 11.2. The third-order valence-corrected chi connectivity index (χ3v) is 3.26. The molecule has 0 spiro atoms. The topological polar surface area (TPSA) is 46.6 Å². The molecule has 1 heterocycles. The highest BCUT2D eigenvalue weighted by molar-refractivity contribution is 5.84. The lowest BCUT2D eigenvalue weighted by atomic mass is 10.1. The number of nitrogens with zero attached hydrogens (tertiary/aromatic N) is 1. The van der Waals surface area contributed by atoms with Gasteiger partial charge in [0.25, 0.3) is 0 Å². The van der Waals surface area contributed by atoms with Crippen molar-refractivity contribution in [3.05, 3.63) is 29.8 Å². The average molecular weight is 261 g/mol. The molecule has 0 aromatic heterocycles. The number of carbonyl (C=O) groups excluding carboxylic acids is 2. The van der Waals surface area contributed by atoms with E-state index < -0.39 is 0 Å². The van der Waals surface area contributed by atoms with E-state index in [0.29, 0.717) is 39.0 Å². The first-order valence-electron chi connectivity index (χ1n) is 6.70. The third kappa shape index (κ3) is 3.81. The van der Waals surface area contributed by atoms with Crippen molar-refractivity contribution in [3.63, 3.8) is 0 Å². The highest BCUT2D eigenvalue weighted by Gasteiger charge is 2.20. The molecule has 4 heteroatoms. The molecule has 1 fully saturated rings. The third-order valence-electron chi connectivity index (χ3n) is 3.26. The Labute approximate surface area is 113 Å². The molecule has 1 saturated heterocycles. The molecule has 1 aromatic rings. The van der Waals surface area contributed by atoms with Crippen molar-refractivity contribution in [1.82, 2.24) is 4.90 Å². The summed E-state index contributed by atoms with van der Waals surface area (Å²) in [6.45, 7) is 3.71. The van der Waals surface area contributed by atoms with Crippen molar-refractivity contribution in [2.45, 2.75) is 26.2 Å². The van der Waals surface area contributed by atoms with E-state index in [4.69, 9.17) is 4.74 Å². The van der Waals surface area contributed by atoms with Gasteiger partial charge in [0, 0.05) is 25.9 Å². The molecule has 0 unspecified atom stereocenters. The van der Waals surface area contributed by atoms with E-state index in [1.807, 2.05) is 31.2 Å². The van der Waals surface area contributed by atoms with E-state index in [9.17, 15) is 9.59 Å². The number of ketones is 1. The molecule has 0 atom stereocenters. The lowest BCUT2D eigenvalue weighted by Crippen LogP contribution is -2.39. The van der Waals surface area contributed by atoms with Gasteiger partial charge in [-0.15, -0.1) is 0 Å². The fourth-order valence-electron chi connectivity index (χ4n) is 2.16. The number of likely N-dealkylation sites (tertiary alicyclic amines) is 1. The Balaban J connectivity index is 1.89. The summed E-state index contributed by atoms with van der Waals surface area (Å²) in [5.74, 6) is 1.17. The van der Waals surface area contributed by atoms with Crippen LogP contribution in [-0.2, 0) is 16.0 Å². The average Bonchev–Trinajstić information content (AvgIpc) is 2.42. The zero-order valence-corrected chi connectivity index (χ0v) is 11.2. The molecular weight excluding hydrogens is 242 g/mol. The molecule has 1 aliphatic heterocycles. The molecule has 0 radical (unpaired) electrons. The normalized spacial score (nSPS) is 15.4. The lowest BCUT2D eigenvalue weighted by Gasteiger charge is -2.26. The number of benzene rings is 1. The van der Waals surface area contributed by atoms with Crippen molar-refractivity contribution >= 4 is 11.7 Å². The predicted molar refractivity (Wildman–Crippen MR) is 72.1 cm³/mol. The fraction of sp³-hybridized carbons (Fsp3) is 0.467. The van der Waals surface area contributed by atoms with Gasteiger partial charge in [-0.3, -0.25) is 9.59 Å². The second-order valence-corrected chi connectivity index (χ2v) is 4.67. The Morgan fingerprint density at radius 3 is 2.42 bits per heavy atom. The number of carbonyl (C=O) groups is 2. The van der Waals surface area contributed by atoms with Gasteiger partial charge in [0.2, 0.25) is 5.91 Å². The van der Waals surface area contributed by atoms with E-state index in [0.717, 1.165) is 11.3 Å². The van der Waals surface area contributed by atoms with Crippen LogP contribution in [0.2, 0.25) is 0 Å². The standard InChI is InChI=1S/C15H19NO3/c1-2-19-14-5-3-12(4-6-14)11-15(18)16-9-7-13(17)8-10-16/h3-6H,2,7-11H2,1H3. The molecule has 102 valence electrons. The van der Waals surface area contributed by atoms with Crippen LogP contribution in [0, 0.1) is 0 Å². The van der Waals surface area contributed by atoms with Crippen LogP contribution in [-0.4, -0.2) is 36.3 Å². The van der Waals surface area contributed by atoms with Crippen molar-refractivity contribution in [2.75, 3.05) is 19.7 Å². The van der Waals surface area contributed by atoms with E-state index >= 15 is 0 Å². The van der Waals surface area contributed by atoms with Gasteiger partial charge >= 0.3 is 0 Å². The molecular formula is C15H19NO3. The number of amides is 1. The summed E-state index contributed by atoms with van der Waals surface area (Å²) in [7, 11) is 0. The summed E-state index contributed by atoms with van der Waals surface area (Å²) in [5, 5.41) is 0. The Hall–Kier alpha value is -1.84. The SMILES string of the molecule is CCOc1ccc(CC(=O)N2CCC(=O)CC2)cc1. The fourth-order valence-corrected chi connectivity index (χ4v) is 2.16. The van der Waals surface area contributed by atoms with Crippen LogP contribution >= 0.6 is 0 Å². The molecule has 0 bridgehead atoms. The smallest absolute Gasteiger partial charge is 0.227 e. The maximum Gasteiger partial charge on any atom is 0.227 e. The van der Waals surface area contributed by atoms with E-state index in [1.54, 1.807) is 4.90 Å². The molecule has 0 aliphatic carbocycles. The molecule has 19 heavy (non-hydrogen) atoms. The maximum atomic E-state index is 12.1. The van der Waals surface area contributed by atoms with Crippen LogP contribution in [0.5, 0.6) is 5.75 Å². The predicted octanol–water partition coefficient (Wildman–Crippen LogP) is 1.82. The minimum absolute atomic E-state index is 0.0941. The summed E-state index contributed by atoms with van der Waals surface area (Å²) < 4.78 is 5.36. The molecule has 0 saturated carbocycles. The Kier molecular flexibility index (Phi) is 4.55. The Bertz CT molecular complexity index is 443. The number of ether oxygens (including phenoxy) is 1. The van der Waals surface area contributed by atoms with E-state index in [2.05, 4.69) is 0 Å². The van der Waals surface area contributed by atoms with Gasteiger partial charge < -0.3 is 9.64 Å². The second kappa shape index (κ2) is 6.36. The van der Waals surface area contributed by atoms with Gasteiger partial charge in [0.15, 0.2) is 0 Å². The number of piperidine rings is 1. The zero-order chi connectivity index (χ0) is 13.7. The maximum absolute atomic E-state index is 12.1. The molecule has 1 aliphatic rings. The largest absolute Gasteiger partial charge is 0.494 e. The van der Waals surface area contributed by atoms with Crippen LogP contribution < -0.4 is 4.74 Å². The molecule has 1 amide bonds. The van der Waals surface area contributed by atoms with Gasteiger partial charge in [-0.1, -0.05) is 12.1 Å². The number of Topliss-reactive ketones (excluding diaryl/α,β-unsaturated/α-hetero) is 1. The van der Waals surface area contributed by atoms with E-state index in [1.165, 1.54) is 0 Å². The summed E-state index contributed by atoms with van der Waals surface area (Å²) in [6, 6.07) is 7.59. The van der Waals surface area contributed by atoms with Crippen molar-refractivity contribution < 1.29 is 14.3 Å². The number of hydrogen-bond donors (Lipinski definition) is 0. The first-order valence-corrected chi connectivity index (χ1v) is 6.70. The van der Waals surface area contributed by atoms with Crippen molar-refractivity contribution in [2.24, 2.45) is 0 Å². The van der Waals surface area contributed by atoms with Crippen LogP contribution in [0.1, 0.15) is 25.3 Å². The van der Waals surface area contributed by atoms with Gasteiger partial charge in [-0.05, 0) is 24.6 Å².